The Balaban J connectivity index is 2.53. The monoisotopic (exact) mass is 224 g/mol. The van der Waals surface area contributed by atoms with Crippen molar-refractivity contribution in [3.05, 3.63) is 35.6 Å². The van der Waals surface area contributed by atoms with Gasteiger partial charge in [-0.25, -0.2) is 4.39 Å². The minimum atomic E-state index is -0.400. The van der Waals surface area contributed by atoms with E-state index in [1.54, 1.807) is 6.07 Å². The Bertz CT molecular complexity index is 361. The van der Waals surface area contributed by atoms with Crippen LogP contribution in [-0.4, -0.2) is 18.5 Å². The molecule has 0 saturated heterocycles. The quantitative estimate of drug-likeness (QED) is 0.718. The molecule has 0 amide bonds. The van der Waals surface area contributed by atoms with Crippen molar-refractivity contribution in [2.24, 2.45) is 5.92 Å². The molecule has 88 valence electrons. The van der Waals surface area contributed by atoms with E-state index < -0.39 is 5.82 Å². The molecule has 2 nitrogen and oxygen atoms in total. The van der Waals surface area contributed by atoms with Gasteiger partial charge in [0.2, 0.25) is 0 Å². The van der Waals surface area contributed by atoms with Gasteiger partial charge in [-0.1, -0.05) is 26.0 Å². The second kappa shape index (κ2) is 5.75. The van der Waals surface area contributed by atoms with Gasteiger partial charge in [-0.05, 0) is 25.0 Å². The molecule has 0 fully saturated rings. The molecule has 0 spiro atoms. The fourth-order valence-electron chi connectivity index (χ4n) is 1.14. The lowest BCUT2D eigenvalue weighted by Crippen LogP contribution is -2.20. The summed E-state index contributed by atoms with van der Waals surface area (Å²) >= 11 is 0. The zero-order valence-corrected chi connectivity index (χ0v) is 9.87. The second-order valence-electron chi connectivity index (χ2n) is 4.19. The van der Waals surface area contributed by atoms with Crippen LogP contribution in [0.3, 0.4) is 0 Å². The first kappa shape index (κ1) is 12.8. The van der Waals surface area contributed by atoms with Crippen LogP contribution in [0.5, 0.6) is 0 Å². The Labute approximate surface area is 95.4 Å². The number of ether oxygens (including phenoxy) is 1. The Hall–Kier alpha value is -1.22. The van der Waals surface area contributed by atoms with Crippen molar-refractivity contribution in [3.8, 4) is 0 Å². The van der Waals surface area contributed by atoms with E-state index in [2.05, 4.69) is 0 Å². The highest BCUT2D eigenvalue weighted by Gasteiger charge is 2.11. The van der Waals surface area contributed by atoms with Crippen molar-refractivity contribution in [2.75, 3.05) is 6.61 Å². The molecule has 0 N–H and O–H groups in total. The number of carbonyl (C=O) groups excluding carboxylic acids is 1. The smallest absolute Gasteiger partial charge is 0.188 e. The average Bonchev–Trinajstić information content (AvgIpc) is 2.25. The predicted octanol–water partition coefficient (Wildman–Crippen LogP) is 3.07. The van der Waals surface area contributed by atoms with Gasteiger partial charge < -0.3 is 4.74 Å². The summed E-state index contributed by atoms with van der Waals surface area (Å²) in [6.45, 7) is 5.97. The van der Waals surface area contributed by atoms with E-state index in [1.165, 1.54) is 18.2 Å². The summed E-state index contributed by atoms with van der Waals surface area (Å²) in [7, 11) is 0. The average molecular weight is 224 g/mol. The van der Waals surface area contributed by atoms with E-state index in [-0.39, 0.29) is 18.5 Å². The fourth-order valence-corrected chi connectivity index (χ4v) is 1.14. The molecule has 1 atom stereocenters. The predicted molar refractivity (Wildman–Crippen MR) is 61.0 cm³/mol. The number of ketones is 1. The van der Waals surface area contributed by atoms with E-state index in [1.807, 2.05) is 20.8 Å². The minimum absolute atomic E-state index is 0.00278. The Morgan fingerprint density at radius 1 is 1.38 bits per heavy atom. The third kappa shape index (κ3) is 3.74. The topological polar surface area (TPSA) is 26.3 Å². The molecular weight excluding hydrogens is 207 g/mol. The van der Waals surface area contributed by atoms with Gasteiger partial charge in [0.05, 0.1) is 6.10 Å². The maximum absolute atomic E-state index is 12.9. The zero-order chi connectivity index (χ0) is 12.1. The van der Waals surface area contributed by atoms with Gasteiger partial charge in [0.15, 0.2) is 5.78 Å². The Morgan fingerprint density at radius 3 is 2.62 bits per heavy atom. The number of carbonyl (C=O) groups is 1. The van der Waals surface area contributed by atoms with E-state index in [0.29, 0.717) is 11.5 Å². The molecule has 0 aliphatic rings. The molecule has 0 saturated carbocycles. The van der Waals surface area contributed by atoms with Crippen LogP contribution < -0.4 is 0 Å². The van der Waals surface area contributed by atoms with E-state index >= 15 is 0 Å². The Kier molecular flexibility index (Phi) is 4.62. The number of benzene rings is 1. The maximum Gasteiger partial charge on any atom is 0.188 e. The molecule has 0 aliphatic carbocycles. The number of rotatable bonds is 5. The molecule has 0 radical (unpaired) electrons. The lowest BCUT2D eigenvalue weighted by molar-refractivity contribution is 0.0336. The molecule has 0 aromatic heterocycles. The standard InChI is InChI=1S/C13H17FO2/c1-9(2)10(3)16-8-13(15)11-5-4-6-12(14)7-11/h4-7,9-10H,8H2,1-3H3. The van der Waals surface area contributed by atoms with Crippen molar-refractivity contribution < 1.29 is 13.9 Å². The van der Waals surface area contributed by atoms with Gasteiger partial charge in [0.25, 0.3) is 0 Å². The lowest BCUT2D eigenvalue weighted by Gasteiger charge is -2.15. The van der Waals surface area contributed by atoms with Crippen LogP contribution in [0, 0.1) is 11.7 Å². The van der Waals surface area contributed by atoms with Crippen LogP contribution in [0.4, 0.5) is 4.39 Å². The highest BCUT2D eigenvalue weighted by atomic mass is 19.1. The molecule has 0 bridgehead atoms. The van der Waals surface area contributed by atoms with Crippen LogP contribution in [-0.2, 0) is 4.74 Å². The van der Waals surface area contributed by atoms with Crippen LogP contribution in [0.15, 0.2) is 24.3 Å². The van der Waals surface area contributed by atoms with Gasteiger partial charge in [-0.2, -0.15) is 0 Å². The Morgan fingerprint density at radius 2 is 2.06 bits per heavy atom. The molecule has 1 aromatic carbocycles. The minimum Gasteiger partial charge on any atom is -0.370 e. The molecule has 1 rings (SSSR count). The first-order valence-electron chi connectivity index (χ1n) is 5.41. The van der Waals surface area contributed by atoms with Crippen molar-refractivity contribution >= 4 is 5.78 Å². The van der Waals surface area contributed by atoms with Gasteiger partial charge in [-0.3, -0.25) is 4.79 Å². The summed E-state index contributed by atoms with van der Waals surface area (Å²) in [6, 6.07) is 5.66. The molecular formula is C13H17FO2. The summed E-state index contributed by atoms with van der Waals surface area (Å²) < 4.78 is 18.2. The van der Waals surface area contributed by atoms with Crippen molar-refractivity contribution in [1.82, 2.24) is 0 Å². The number of halogens is 1. The van der Waals surface area contributed by atoms with Gasteiger partial charge in [0.1, 0.15) is 12.4 Å². The third-order valence-electron chi connectivity index (χ3n) is 2.56. The van der Waals surface area contributed by atoms with Crippen LogP contribution in [0.25, 0.3) is 0 Å². The summed E-state index contributed by atoms with van der Waals surface area (Å²) in [5.74, 6) is -0.227. The second-order valence-corrected chi connectivity index (χ2v) is 4.19. The molecule has 0 aliphatic heterocycles. The van der Waals surface area contributed by atoms with Crippen LogP contribution in [0.2, 0.25) is 0 Å². The first-order chi connectivity index (χ1) is 7.50. The van der Waals surface area contributed by atoms with E-state index in [9.17, 15) is 9.18 Å². The zero-order valence-electron chi connectivity index (χ0n) is 9.87. The van der Waals surface area contributed by atoms with Crippen LogP contribution >= 0.6 is 0 Å². The number of Topliss-reactive ketones (excluding diaryl/α,β-unsaturated/α-hetero) is 1. The summed E-state index contributed by atoms with van der Waals surface area (Å²) in [5, 5.41) is 0. The highest BCUT2D eigenvalue weighted by molar-refractivity contribution is 5.97. The third-order valence-corrected chi connectivity index (χ3v) is 2.56. The maximum atomic E-state index is 12.9. The molecule has 1 aromatic rings. The summed E-state index contributed by atoms with van der Waals surface area (Å²) in [4.78, 5) is 11.6. The van der Waals surface area contributed by atoms with Crippen molar-refractivity contribution in [3.63, 3.8) is 0 Å². The van der Waals surface area contributed by atoms with E-state index in [0.717, 1.165) is 0 Å². The van der Waals surface area contributed by atoms with E-state index in [4.69, 9.17) is 4.74 Å². The van der Waals surface area contributed by atoms with Crippen LogP contribution in [0.1, 0.15) is 31.1 Å². The van der Waals surface area contributed by atoms with Gasteiger partial charge >= 0.3 is 0 Å². The fraction of sp³-hybridized carbons (Fsp3) is 0.462. The molecule has 0 heterocycles. The molecule has 1 unspecified atom stereocenters. The summed E-state index contributed by atoms with van der Waals surface area (Å²) in [6.07, 6.45) is 0.0255. The van der Waals surface area contributed by atoms with Crippen molar-refractivity contribution in [2.45, 2.75) is 26.9 Å². The number of hydrogen-bond donors (Lipinski definition) is 0. The molecule has 3 heteroatoms. The largest absolute Gasteiger partial charge is 0.370 e. The normalized spacial score (nSPS) is 12.8. The number of hydrogen-bond acceptors (Lipinski definition) is 2. The first-order valence-corrected chi connectivity index (χ1v) is 5.41. The lowest BCUT2D eigenvalue weighted by atomic mass is 10.1. The molecule has 16 heavy (non-hydrogen) atoms. The SMILES string of the molecule is CC(C)C(C)OCC(=O)c1cccc(F)c1. The highest BCUT2D eigenvalue weighted by Crippen LogP contribution is 2.08. The van der Waals surface area contributed by atoms with Crippen molar-refractivity contribution in [1.29, 1.82) is 0 Å². The van der Waals surface area contributed by atoms with Gasteiger partial charge in [0, 0.05) is 5.56 Å². The summed E-state index contributed by atoms with van der Waals surface area (Å²) in [5.41, 5.74) is 0.357. The van der Waals surface area contributed by atoms with Gasteiger partial charge in [-0.15, -0.1) is 0 Å².